The molecular weight excluding hydrogens is 212 g/mol. The molecule has 0 aliphatic rings. The Morgan fingerprint density at radius 2 is 1.73 bits per heavy atom. The minimum Gasteiger partial charge on any atom is -0.502 e. The van der Waals surface area contributed by atoms with Crippen molar-refractivity contribution in [1.29, 1.82) is 0 Å². The molecule has 0 unspecified atom stereocenters. The smallest absolute Gasteiger partial charge is 0.200 e. The van der Waals surface area contributed by atoms with E-state index in [1.165, 1.54) is 14.2 Å². The molecule has 0 spiro atoms. The Labute approximate surface area is 95.4 Å². The fraction of sp³-hybridized carbons (Fsp3) is 0.455. The van der Waals surface area contributed by atoms with Crippen LogP contribution >= 0.6 is 12.6 Å². The van der Waals surface area contributed by atoms with Gasteiger partial charge in [0.1, 0.15) is 0 Å². The SMILES string of the molecule is COc1cc(CCCS)cc(OC)c1O. The van der Waals surface area contributed by atoms with E-state index in [0.717, 1.165) is 24.2 Å². The standard InChI is InChI=1S/C11H16O3S/c1-13-9-6-8(4-3-5-15)7-10(14-2)11(9)12/h6-7,12,15H,3-5H2,1-2H3. The molecule has 1 aromatic rings. The Morgan fingerprint density at radius 3 is 2.13 bits per heavy atom. The van der Waals surface area contributed by atoms with Gasteiger partial charge in [-0.1, -0.05) is 0 Å². The Balaban J connectivity index is 2.98. The highest BCUT2D eigenvalue weighted by atomic mass is 32.1. The van der Waals surface area contributed by atoms with E-state index in [4.69, 9.17) is 9.47 Å². The second-order valence-corrected chi connectivity index (χ2v) is 3.62. The lowest BCUT2D eigenvalue weighted by atomic mass is 10.1. The predicted molar refractivity (Wildman–Crippen MR) is 63.4 cm³/mol. The molecule has 0 aliphatic carbocycles. The van der Waals surface area contributed by atoms with E-state index in [9.17, 15) is 5.11 Å². The van der Waals surface area contributed by atoms with Crippen molar-refractivity contribution in [3.63, 3.8) is 0 Å². The van der Waals surface area contributed by atoms with E-state index in [2.05, 4.69) is 12.6 Å². The van der Waals surface area contributed by atoms with Crippen LogP contribution in [0, 0.1) is 0 Å². The Morgan fingerprint density at radius 1 is 1.20 bits per heavy atom. The van der Waals surface area contributed by atoms with Gasteiger partial charge in [0, 0.05) is 0 Å². The van der Waals surface area contributed by atoms with Crippen LogP contribution in [0.1, 0.15) is 12.0 Å². The summed E-state index contributed by atoms with van der Waals surface area (Å²) in [7, 11) is 3.05. The minimum atomic E-state index is 0.0506. The van der Waals surface area contributed by atoms with Crippen LogP contribution in [0.3, 0.4) is 0 Å². The monoisotopic (exact) mass is 228 g/mol. The number of rotatable bonds is 5. The first-order valence-corrected chi connectivity index (χ1v) is 5.41. The van der Waals surface area contributed by atoms with Gasteiger partial charge >= 0.3 is 0 Å². The van der Waals surface area contributed by atoms with Gasteiger partial charge in [-0.05, 0) is 36.3 Å². The van der Waals surface area contributed by atoms with Gasteiger partial charge in [-0.2, -0.15) is 12.6 Å². The number of hydrogen-bond donors (Lipinski definition) is 2. The molecule has 0 heterocycles. The van der Waals surface area contributed by atoms with Gasteiger partial charge in [0.2, 0.25) is 5.75 Å². The fourth-order valence-electron chi connectivity index (χ4n) is 1.38. The normalized spacial score (nSPS) is 10.1. The number of aryl methyl sites for hydroxylation is 1. The molecule has 1 rings (SSSR count). The van der Waals surface area contributed by atoms with E-state index in [1.807, 2.05) is 12.1 Å². The van der Waals surface area contributed by atoms with Crippen LogP contribution in [0.2, 0.25) is 0 Å². The van der Waals surface area contributed by atoms with E-state index in [0.29, 0.717) is 11.5 Å². The molecule has 3 nitrogen and oxygen atoms in total. The molecule has 0 aliphatic heterocycles. The Kier molecular flexibility index (Phi) is 4.62. The zero-order valence-corrected chi connectivity index (χ0v) is 9.88. The minimum absolute atomic E-state index is 0.0506. The molecular formula is C11H16O3S. The highest BCUT2D eigenvalue weighted by Crippen LogP contribution is 2.37. The van der Waals surface area contributed by atoms with Crippen LogP contribution in [-0.2, 0) is 6.42 Å². The third-order valence-electron chi connectivity index (χ3n) is 2.16. The average Bonchev–Trinajstić information content (AvgIpc) is 2.27. The molecule has 0 fully saturated rings. The largest absolute Gasteiger partial charge is 0.502 e. The maximum Gasteiger partial charge on any atom is 0.200 e. The molecule has 0 amide bonds. The van der Waals surface area contributed by atoms with Gasteiger partial charge in [0.25, 0.3) is 0 Å². The topological polar surface area (TPSA) is 38.7 Å². The van der Waals surface area contributed by atoms with Gasteiger partial charge < -0.3 is 14.6 Å². The summed E-state index contributed by atoms with van der Waals surface area (Å²) < 4.78 is 10.1. The van der Waals surface area contributed by atoms with Crippen LogP contribution in [0.4, 0.5) is 0 Å². The summed E-state index contributed by atoms with van der Waals surface area (Å²) in [5.74, 6) is 1.78. The average molecular weight is 228 g/mol. The first-order valence-electron chi connectivity index (χ1n) is 4.77. The highest BCUT2D eigenvalue weighted by molar-refractivity contribution is 7.80. The molecule has 0 atom stereocenters. The van der Waals surface area contributed by atoms with E-state index in [-0.39, 0.29) is 5.75 Å². The van der Waals surface area contributed by atoms with Gasteiger partial charge in [-0.15, -0.1) is 0 Å². The lowest BCUT2D eigenvalue weighted by Gasteiger charge is -2.10. The van der Waals surface area contributed by atoms with Crippen molar-refractivity contribution in [3.05, 3.63) is 17.7 Å². The molecule has 0 saturated carbocycles. The van der Waals surface area contributed by atoms with Crippen molar-refractivity contribution in [2.75, 3.05) is 20.0 Å². The summed E-state index contributed by atoms with van der Waals surface area (Å²) in [6.45, 7) is 0. The number of phenols is 1. The van der Waals surface area contributed by atoms with Crippen LogP contribution in [0.15, 0.2) is 12.1 Å². The number of aromatic hydroxyl groups is 1. The summed E-state index contributed by atoms with van der Waals surface area (Å²) in [5, 5.41) is 9.67. The van der Waals surface area contributed by atoms with E-state index < -0.39 is 0 Å². The van der Waals surface area contributed by atoms with Crippen molar-refractivity contribution in [3.8, 4) is 17.2 Å². The van der Waals surface area contributed by atoms with Gasteiger partial charge in [0.15, 0.2) is 11.5 Å². The van der Waals surface area contributed by atoms with Crippen LogP contribution < -0.4 is 9.47 Å². The Bertz CT molecular complexity index is 301. The lowest BCUT2D eigenvalue weighted by Crippen LogP contribution is -1.93. The van der Waals surface area contributed by atoms with Crippen LogP contribution in [0.5, 0.6) is 17.2 Å². The number of phenolic OH excluding ortho intramolecular Hbond substituents is 1. The zero-order valence-electron chi connectivity index (χ0n) is 8.99. The zero-order chi connectivity index (χ0) is 11.3. The molecule has 15 heavy (non-hydrogen) atoms. The Hall–Kier alpha value is -1.03. The molecule has 0 radical (unpaired) electrons. The quantitative estimate of drug-likeness (QED) is 0.759. The summed E-state index contributed by atoms with van der Waals surface area (Å²) in [6.07, 6.45) is 1.89. The van der Waals surface area contributed by atoms with Crippen LogP contribution in [0.25, 0.3) is 0 Å². The molecule has 0 saturated heterocycles. The molecule has 1 N–H and O–H groups in total. The second-order valence-electron chi connectivity index (χ2n) is 3.18. The molecule has 4 heteroatoms. The number of hydrogen-bond acceptors (Lipinski definition) is 4. The second kappa shape index (κ2) is 5.75. The highest BCUT2D eigenvalue weighted by Gasteiger charge is 2.10. The van der Waals surface area contributed by atoms with Crippen molar-refractivity contribution in [2.24, 2.45) is 0 Å². The summed E-state index contributed by atoms with van der Waals surface area (Å²) >= 11 is 4.16. The number of methoxy groups -OCH3 is 2. The third kappa shape index (κ3) is 2.96. The lowest BCUT2D eigenvalue weighted by molar-refractivity contribution is 0.339. The number of benzene rings is 1. The van der Waals surface area contributed by atoms with Gasteiger partial charge in [0.05, 0.1) is 14.2 Å². The predicted octanol–water partition coefficient (Wildman–Crippen LogP) is 2.27. The van der Waals surface area contributed by atoms with E-state index in [1.54, 1.807) is 0 Å². The molecule has 84 valence electrons. The number of thiol groups is 1. The third-order valence-corrected chi connectivity index (χ3v) is 2.48. The summed E-state index contributed by atoms with van der Waals surface area (Å²) in [5.41, 5.74) is 1.08. The summed E-state index contributed by atoms with van der Waals surface area (Å²) in [4.78, 5) is 0. The summed E-state index contributed by atoms with van der Waals surface area (Å²) in [6, 6.07) is 3.64. The number of ether oxygens (including phenoxy) is 2. The van der Waals surface area contributed by atoms with Crippen molar-refractivity contribution in [1.82, 2.24) is 0 Å². The fourth-order valence-corrected chi connectivity index (χ4v) is 1.53. The van der Waals surface area contributed by atoms with Gasteiger partial charge in [-0.25, -0.2) is 0 Å². The molecule has 1 aromatic carbocycles. The first kappa shape index (κ1) is 12.0. The maximum atomic E-state index is 9.67. The van der Waals surface area contributed by atoms with Crippen LogP contribution in [-0.4, -0.2) is 25.1 Å². The van der Waals surface area contributed by atoms with E-state index >= 15 is 0 Å². The molecule has 0 aromatic heterocycles. The first-order chi connectivity index (χ1) is 7.22. The maximum absolute atomic E-state index is 9.67. The van der Waals surface area contributed by atoms with Gasteiger partial charge in [-0.3, -0.25) is 0 Å². The van der Waals surface area contributed by atoms with Crippen molar-refractivity contribution >= 4 is 12.6 Å². The van der Waals surface area contributed by atoms with Crippen molar-refractivity contribution < 1.29 is 14.6 Å². The molecule has 0 bridgehead atoms. The van der Waals surface area contributed by atoms with Crippen molar-refractivity contribution in [2.45, 2.75) is 12.8 Å².